The fourth-order valence-corrected chi connectivity index (χ4v) is 4.30. The zero-order chi connectivity index (χ0) is 20.7. The fourth-order valence-electron chi connectivity index (χ4n) is 4.30. The van der Waals surface area contributed by atoms with Gasteiger partial charge in [0.2, 0.25) is 5.91 Å². The molecule has 1 aliphatic rings. The number of carbonyl (C=O) groups is 1. The number of carbonyl (C=O) groups excluding carboxylic acids is 1. The van der Waals surface area contributed by atoms with Crippen molar-refractivity contribution in [3.05, 3.63) is 114 Å². The van der Waals surface area contributed by atoms with Crippen LogP contribution in [0.1, 0.15) is 36.0 Å². The standard InChI is InChI=1S/C27H28N2O/c30-26(29-19-8-7-10-22-11-9-18-28-21-22)17-16-25-20-27(25,23-12-3-1-4-13-23)24-14-5-2-6-15-24/h1-6,9,11-18,21,25H,7-8,10,19-20H2,(H,29,30)/b17-16-. The molecule has 0 radical (unpaired) electrons. The first-order valence-corrected chi connectivity index (χ1v) is 10.7. The molecule has 1 aromatic heterocycles. The number of nitrogens with one attached hydrogen (secondary N) is 1. The van der Waals surface area contributed by atoms with Crippen molar-refractivity contribution >= 4 is 5.91 Å². The van der Waals surface area contributed by atoms with E-state index in [1.807, 2.05) is 12.3 Å². The van der Waals surface area contributed by atoms with Crippen LogP contribution in [0.3, 0.4) is 0 Å². The third kappa shape index (κ3) is 4.68. The number of amides is 1. The number of nitrogens with zero attached hydrogens (tertiary/aromatic N) is 1. The molecule has 4 rings (SSSR count). The van der Waals surface area contributed by atoms with Crippen molar-refractivity contribution in [1.82, 2.24) is 10.3 Å². The summed E-state index contributed by atoms with van der Waals surface area (Å²) in [5.74, 6) is 0.344. The van der Waals surface area contributed by atoms with Gasteiger partial charge < -0.3 is 5.32 Å². The lowest BCUT2D eigenvalue weighted by atomic mass is 9.85. The van der Waals surface area contributed by atoms with Crippen LogP contribution in [0.15, 0.2) is 97.3 Å². The molecule has 0 aliphatic heterocycles. The fraction of sp³-hybridized carbons (Fsp3) is 0.259. The zero-order valence-corrected chi connectivity index (χ0v) is 17.2. The van der Waals surface area contributed by atoms with Crippen LogP contribution in [0, 0.1) is 5.92 Å². The van der Waals surface area contributed by atoms with Crippen LogP contribution in [0.25, 0.3) is 0 Å². The molecule has 1 atom stereocenters. The lowest BCUT2D eigenvalue weighted by Crippen LogP contribution is -2.22. The Labute approximate surface area is 178 Å². The van der Waals surface area contributed by atoms with Gasteiger partial charge in [0.05, 0.1) is 0 Å². The minimum absolute atomic E-state index is 0.00157. The van der Waals surface area contributed by atoms with Crippen molar-refractivity contribution in [1.29, 1.82) is 0 Å². The molecule has 1 amide bonds. The number of aromatic nitrogens is 1. The Bertz CT molecular complexity index is 928. The molecule has 1 aliphatic carbocycles. The van der Waals surface area contributed by atoms with Crippen molar-refractivity contribution in [2.75, 3.05) is 6.54 Å². The molecule has 1 saturated carbocycles. The van der Waals surface area contributed by atoms with E-state index < -0.39 is 0 Å². The normalized spacial score (nSPS) is 17.0. The molecule has 0 saturated heterocycles. The minimum Gasteiger partial charge on any atom is -0.353 e. The molecule has 1 unspecified atom stereocenters. The van der Waals surface area contributed by atoms with E-state index in [0.29, 0.717) is 12.5 Å². The van der Waals surface area contributed by atoms with Gasteiger partial charge in [0, 0.05) is 24.4 Å². The Balaban J connectivity index is 1.30. The SMILES string of the molecule is O=C(/C=C\C1CC1(c1ccccc1)c1ccccc1)NCCCCc1cccnc1. The van der Waals surface area contributed by atoms with Gasteiger partial charge in [-0.25, -0.2) is 0 Å². The maximum absolute atomic E-state index is 12.3. The molecule has 0 bridgehead atoms. The van der Waals surface area contributed by atoms with Gasteiger partial charge in [-0.3, -0.25) is 9.78 Å². The summed E-state index contributed by atoms with van der Waals surface area (Å²) < 4.78 is 0. The van der Waals surface area contributed by atoms with E-state index in [-0.39, 0.29) is 11.3 Å². The highest BCUT2D eigenvalue weighted by molar-refractivity contribution is 5.87. The molecule has 3 nitrogen and oxygen atoms in total. The molecule has 0 spiro atoms. The predicted molar refractivity (Wildman–Crippen MR) is 121 cm³/mol. The number of benzene rings is 2. The molecule has 1 heterocycles. The van der Waals surface area contributed by atoms with Gasteiger partial charge in [-0.05, 0) is 60.4 Å². The van der Waals surface area contributed by atoms with Gasteiger partial charge in [-0.1, -0.05) is 72.8 Å². The average molecular weight is 397 g/mol. The van der Waals surface area contributed by atoms with Crippen LogP contribution in [0.5, 0.6) is 0 Å². The number of pyridine rings is 1. The summed E-state index contributed by atoms with van der Waals surface area (Å²) in [7, 11) is 0. The topological polar surface area (TPSA) is 42.0 Å². The van der Waals surface area contributed by atoms with Crippen molar-refractivity contribution < 1.29 is 4.79 Å². The number of hydrogen-bond acceptors (Lipinski definition) is 2. The van der Waals surface area contributed by atoms with E-state index in [1.165, 1.54) is 16.7 Å². The summed E-state index contributed by atoms with van der Waals surface area (Å²) >= 11 is 0. The summed E-state index contributed by atoms with van der Waals surface area (Å²) in [6, 6.07) is 25.3. The van der Waals surface area contributed by atoms with Gasteiger partial charge >= 0.3 is 0 Å². The van der Waals surface area contributed by atoms with Gasteiger partial charge in [0.25, 0.3) is 0 Å². The largest absolute Gasteiger partial charge is 0.353 e. The molecular weight excluding hydrogens is 368 g/mol. The Kier molecular flexibility index (Phi) is 6.38. The Hall–Kier alpha value is -3.20. The maximum atomic E-state index is 12.3. The van der Waals surface area contributed by atoms with E-state index >= 15 is 0 Å². The molecule has 1 N–H and O–H groups in total. The van der Waals surface area contributed by atoms with Crippen LogP contribution >= 0.6 is 0 Å². The van der Waals surface area contributed by atoms with E-state index in [4.69, 9.17) is 0 Å². The first-order chi connectivity index (χ1) is 14.8. The summed E-state index contributed by atoms with van der Waals surface area (Å²) in [6.07, 6.45) is 11.6. The average Bonchev–Trinajstić information content (AvgIpc) is 3.55. The van der Waals surface area contributed by atoms with Crippen LogP contribution in [-0.4, -0.2) is 17.4 Å². The Morgan fingerprint density at radius 1 is 0.967 bits per heavy atom. The monoisotopic (exact) mass is 396 g/mol. The second-order valence-electron chi connectivity index (χ2n) is 7.98. The summed E-state index contributed by atoms with van der Waals surface area (Å²) in [5.41, 5.74) is 3.88. The predicted octanol–water partition coefficient (Wildman–Crippen LogP) is 5.08. The van der Waals surface area contributed by atoms with E-state index in [2.05, 4.69) is 83.1 Å². The molecule has 30 heavy (non-hydrogen) atoms. The van der Waals surface area contributed by atoms with Crippen molar-refractivity contribution in [2.45, 2.75) is 31.1 Å². The highest BCUT2D eigenvalue weighted by Gasteiger charge is 2.54. The highest BCUT2D eigenvalue weighted by Crippen LogP contribution is 2.59. The van der Waals surface area contributed by atoms with Gasteiger partial charge in [-0.2, -0.15) is 0 Å². The minimum atomic E-state index is -0.0109. The first-order valence-electron chi connectivity index (χ1n) is 10.7. The number of aryl methyl sites for hydroxylation is 1. The van der Waals surface area contributed by atoms with Crippen molar-refractivity contribution in [3.8, 4) is 0 Å². The molecule has 152 valence electrons. The summed E-state index contributed by atoms with van der Waals surface area (Å²) in [6.45, 7) is 0.705. The Morgan fingerprint density at radius 2 is 1.67 bits per heavy atom. The second kappa shape index (κ2) is 9.53. The third-order valence-electron chi connectivity index (χ3n) is 5.99. The van der Waals surface area contributed by atoms with E-state index in [1.54, 1.807) is 12.3 Å². The molecular formula is C27H28N2O. The first kappa shape index (κ1) is 20.1. The Morgan fingerprint density at radius 3 is 2.30 bits per heavy atom. The summed E-state index contributed by atoms with van der Waals surface area (Å²) in [5, 5.41) is 3.02. The lowest BCUT2D eigenvalue weighted by molar-refractivity contribution is -0.116. The zero-order valence-electron chi connectivity index (χ0n) is 17.2. The van der Waals surface area contributed by atoms with Crippen LogP contribution < -0.4 is 5.32 Å². The van der Waals surface area contributed by atoms with Crippen LogP contribution in [0.4, 0.5) is 0 Å². The number of rotatable bonds is 9. The van der Waals surface area contributed by atoms with E-state index in [9.17, 15) is 4.79 Å². The van der Waals surface area contributed by atoms with Crippen molar-refractivity contribution in [3.63, 3.8) is 0 Å². The quantitative estimate of drug-likeness (QED) is 0.405. The molecule has 3 heteroatoms. The molecule has 3 aromatic rings. The second-order valence-corrected chi connectivity index (χ2v) is 7.98. The number of unbranched alkanes of at least 4 members (excludes halogenated alkanes) is 1. The molecule has 1 fully saturated rings. The van der Waals surface area contributed by atoms with Crippen molar-refractivity contribution in [2.24, 2.45) is 5.92 Å². The van der Waals surface area contributed by atoms with Crippen LogP contribution in [-0.2, 0) is 16.6 Å². The van der Waals surface area contributed by atoms with Gasteiger partial charge in [-0.15, -0.1) is 0 Å². The number of hydrogen-bond donors (Lipinski definition) is 1. The lowest BCUT2D eigenvalue weighted by Gasteiger charge is -2.18. The van der Waals surface area contributed by atoms with Crippen LogP contribution in [0.2, 0.25) is 0 Å². The van der Waals surface area contributed by atoms with Gasteiger partial charge in [0.1, 0.15) is 0 Å². The third-order valence-corrected chi connectivity index (χ3v) is 5.99. The smallest absolute Gasteiger partial charge is 0.243 e. The highest BCUT2D eigenvalue weighted by atomic mass is 16.1. The summed E-state index contributed by atoms with van der Waals surface area (Å²) in [4.78, 5) is 16.4. The number of allylic oxidation sites excluding steroid dienone is 1. The van der Waals surface area contributed by atoms with Gasteiger partial charge in [0.15, 0.2) is 0 Å². The maximum Gasteiger partial charge on any atom is 0.243 e. The van der Waals surface area contributed by atoms with E-state index in [0.717, 1.165) is 25.7 Å². The molecule has 2 aromatic carbocycles.